The van der Waals surface area contributed by atoms with Crippen LogP contribution in [0.2, 0.25) is 4.34 Å². The first-order chi connectivity index (χ1) is 18.3. The fourth-order valence-electron chi connectivity index (χ4n) is 4.17. The van der Waals surface area contributed by atoms with Crippen LogP contribution in [0.1, 0.15) is 17.0 Å². The summed E-state index contributed by atoms with van der Waals surface area (Å²) in [5.74, 6) is -7.48. The maximum Gasteiger partial charge on any atom is 0.417 e. The average Bonchev–Trinajstić information content (AvgIpc) is 3.43. The number of carbonyl (C=O) groups is 2. The number of hydrogen-bond acceptors (Lipinski definition) is 6. The van der Waals surface area contributed by atoms with Crippen LogP contribution in [-0.4, -0.2) is 50.2 Å². The molecule has 1 N–H and O–H groups in total. The molecule has 0 radical (unpaired) electrons. The van der Waals surface area contributed by atoms with Crippen molar-refractivity contribution < 1.29 is 44.7 Å². The molecular weight excluding hydrogens is 591 g/mol. The lowest BCUT2D eigenvalue weighted by atomic mass is 9.89. The third-order valence-electron chi connectivity index (χ3n) is 5.80. The minimum atomic E-state index is -5.41. The van der Waals surface area contributed by atoms with E-state index >= 15 is 0 Å². The Morgan fingerprint density at radius 1 is 1.10 bits per heavy atom. The lowest BCUT2D eigenvalue weighted by Crippen LogP contribution is -2.56. The highest BCUT2D eigenvalue weighted by Crippen LogP contribution is 2.40. The zero-order valence-electron chi connectivity index (χ0n) is 19.5. The molecule has 1 aliphatic rings. The smallest absolute Gasteiger partial charge is 0.417 e. The molecule has 7 nitrogen and oxygen atoms in total. The molecule has 3 atom stereocenters. The molecule has 208 valence electrons. The van der Waals surface area contributed by atoms with Gasteiger partial charge in [-0.2, -0.15) is 17.9 Å². The van der Waals surface area contributed by atoms with E-state index in [4.69, 9.17) is 16.3 Å². The van der Waals surface area contributed by atoms with Crippen molar-refractivity contribution in [2.45, 2.75) is 34.8 Å². The van der Waals surface area contributed by atoms with Gasteiger partial charge in [-0.3, -0.25) is 4.79 Å². The Balaban J connectivity index is 1.81. The largest absolute Gasteiger partial charge is 0.447 e. The number of halogens is 6. The minimum absolute atomic E-state index is 0.0103. The Labute approximate surface area is 228 Å². The summed E-state index contributed by atoms with van der Waals surface area (Å²) in [6.07, 6.45) is -6.71. The first-order valence-electron chi connectivity index (χ1n) is 11.1. The summed E-state index contributed by atoms with van der Waals surface area (Å²) < 4.78 is 104. The van der Waals surface area contributed by atoms with Crippen molar-refractivity contribution in [2.75, 3.05) is 6.61 Å². The molecule has 2 amide bonds. The van der Waals surface area contributed by atoms with Gasteiger partial charge in [0.25, 0.3) is 15.9 Å². The van der Waals surface area contributed by atoms with E-state index in [1.54, 1.807) is 35.1 Å². The molecule has 1 saturated heterocycles. The van der Waals surface area contributed by atoms with Crippen LogP contribution in [-0.2, 0) is 26.0 Å². The second-order valence-electron chi connectivity index (χ2n) is 8.51. The number of ether oxygens (including phenoxy) is 1. The first kappa shape index (κ1) is 28.9. The molecule has 2 heterocycles. The Bertz CT molecular complexity index is 1460. The van der Waals surface area contributed by atoms with Gasteiger partial charge in [0.15, 0.2) is 0 Å². The molecule has 39 heavy (non-hydrogen) atoms. The van der Waals surface area contributed by atoms with E-state index in [9.17, 15) is 40.0 Å². The topological polar surface area (TPSA) is 92.8 Å². The Morgan fingerprint density at radius 3 is 2.31 bits per heavy atom. The molecule has 15 heteroatoms. The maximum absolute atomic E-state index is 14.5. The van der Waals surface area contributed by atoms with Gasteiger partial charge in [0.05, 0.1) is 10.4 Å². The number of rotatable bonds is 8. The highest BCUT2D eigenvalue weighted by atomic mass is 35.5. The van der Waals surface area contributed by atoms with Gasteiger partial charge < -0.3 is 4.74 Å². The number of benzene rings is 2. The van der Waals surface area contributed by atoms with Crippen molar-refractivity contribution in [1.82, 2.24) is 9.62 Å². The number of hydrogen-bond donors (Lipinski definition) is 1. The second-order valence-corrected chi connectivity index (χ2v) is 12.2. The third kappa shape index (κ3) is 6.57. The number of nitrogens with zero attached hydrogens (tertiary/aromatic N) is 1. The molecule has 3 unspecified atom stereocenters. The van der Waals surface area contributed by atoms with Gasteiger partial charge in [-0.05, 0) is 41.8 Å². The lowest BCUT2D eigenvalue weighted by molar-refractivity contribution is -0.164. The van der Waals surface area contributed by atoms with Crippen molar-refractivity contribution in [2.24, 2.45) is 0 Å². The van der Waals surface area contributed by atoms with Crippen LogP contribution in [0.25, 0.3) is 0 Å². The Hall–Kier alpha value is -3.07. The maximum atomic E-state index is 14.5. The van der Waals surface area contributed by atoms with Crippen LogP contribution in [0, 0.1) is 11.6 Å². The summed E-state index contributed by atoms with van der Waals surface area (Å²) >= 11 is 6.28. The number of imide groups is 1. The predicted molar refractivity (Wildman–Crippen MR) is 131 cm³/mol. The molecule has 3 aromatic rings. The fourth-order valence-corrected chi connectivity index (χ4v) is 6.87. The van der Waals surface area contributed by atoms with E-state index in [1.165, 1.54) is 6.07 Å². The van der Waals surface area contributed by atoms with Crippen molar-refractivity contribution >= 4 is 45.0 Å². The molecular formula is C24H18ClF5N2O5S2. The van der Waals surface area contributed by atoms with Crippen LogP contribution < -0.4 is 4.72 Å². The molecule has 0 spiro atoms. The summed E-state index contributed by atoms with van der Waals surface area (Å²) in [7, 11) is -4.84. The van der Waals surface area contributed by atoms with Gasteiger partial charge in [0, 0.05) is 6.07 Å². The highest BCUT2D eigenvalue weighted by molar-refractivity contribution is 7.91. The van der Waals surface area contributed by atoms with Crippen LogP contribution in [0.3, 0.4) is 0 Å². The number of nitrogens with one attached hydrogen (secondary N) is 1. The molecule has 4 rings (SSSR count). The molecule has 1 fully saturated rings. The highest BCUT2D eigenvalue weighted by Gasteiger charge is 2.53. The van der Waals surface area contributed by atoms with Gasteiger partial charge in [-0.15, -0.1) is 11.3 Å². The molecule has 1 aliphatic heterocycles. The zero-order chi connectivity index (χ0) is 28.5. The summed E-state index contributed by atoms with van der Waals surface area (Å²) in [5, 5.41) is 0. The molecule has 0 bridgehead atoms. The molecule has 1 aromatic heterocycles. The van der Waals surface area contributed by atoms with Gasteiger partial charge >= 0.3 is 12.3 Å². The summed E-state index contributed by atoms with van der Waals surface area (Å²) in [5.41, 5.74) is -0.457. The van der Waals surface area contributed by atoms with Gasteiger partial charge in [0.1, 0.15) is 34.4 Å². The number of amides is 2. The number of alkyl halides is 3. The summed E-state index contributed by atoms with van der Waals surface area (Å²) in [4.78, 5) is 26.7. The first-order valence-corrected chi connectivity index (χ1v) is 13.8. The average molecular weight is 609 g/mol. The monoisotopic (exact) mass is 608 g/mol. The van der Waals surface area contributed by atoms with Crippen LogP contribution in [0.4, 0.5) is 26.7 Å². The zero-order valence-corrected chi connectivity index (χ0v) is 21.9. The van der Waals surface area contributed by atoms with Crippen molar-refractivity contribution in [3.8, 4) is 0 Å². The number of sulfonamides is 1. The van der Waals surface area contributed by atoms with Crippen LogP contribution >= 0.6 is 22.9 Å². The van der Waals surface area contributed by atoms with E-state index in [0.717, 1.165) is 6.07 Å². The molecule has 2 aromatic carbocycles. The third-order valence-corrected chi connectivity index (χ3v) is 8.97. The van der Waals surface area contributed by atoms with Crippen molar-refractivity contribution in [3.63, 3.8) is 0 Å². The van der Waals surface area contributed by atoms with Gasteiger partial charge in [-0.25, -0.2) is 26.9 Å². The van der Waals surface area contributed by atoms with Crippen molar-refractivity contribution in [1.29, 1.82) is 0 Å². The van der Waals surface area contributed by atoms with E-state index in [1.807, 2.05) is 0 Å². The van der Waals surface area contributed by atoms with E-state index in [2.05, 4.69) is 0 Å². The Morgan fingerprint density at radius 2 is 1.74 bits per heavy atom. The predicted octanol–water partition coefficient (Wildman–Crippen LogP) is 5.26. The fraction of sp³-hybridized carbons (Fsp3) is 0.250. The lowest BCUT2D eigenvalue weighted by Gasteiger charge is -2.32. The normalized spacial score (nSPS) is 17.6. The van der Waals surface area contributed by atoms with E-state index in [-0.39, 0.29) is 17.4 Å². The number of thiophene rings is 1. The minimum Gasteiger partial charge on any atom is -0.447 e. The summed E-state index contributed by atoms with van der Waals surface area (Å²) in [6.45, 7) is -0.370. The number of carbonyl (C=O) groups excluding carboxylic acids is 2. The SMILES string of the molecule is O=C1OCC(Cc2ccccc2)N1C(=O)C(NS(=O)(=O)c1ccc(Cl)s1)C(c1cc(F)cc(F)c1)C(F)(F)F. The van der Waals surface area contributed by atoms with Gasteiger partial charge in [0.2, 0.25) is 0 Å². The standard InChI is InChI=1S/C24H18ClF5N2O5S2/c25-18-6-7-19(38-18)39(35,36)31-21(20(24(28,29)30)14-9-15(26)11-16(27)10-14)22(33)32-17(12-37-23(32)34)8-13-4-2-1-3-5-13/h1-7,9-11,17,20-21,31H,8,12H2. The van der Waals surface area contributed by atoms with E-state index < -0.39 is 67.6 Å². The Kier molecular flexibility index (Phi) is 8.30. The molecule has 0 saturated carbocycles. The summed E-state index contributed by atoms with van der Waals surface area (Å²) in [6, 6.07) is 7.67. The second kappa shape index (κ2) is 11.2. The van der Waals surface area contributed by atoms with E-state index in [0.29, 0.717) is 40.0 Å². The van der Waals surface area contributed by atoms with Crippen molar-refractivity contribution in [3.05, 3.63) is 87.8 Å². The number of cyclic esters (lactones) is 1. The quantitative estimate of drug-likeness (QED) is 0.352. The molecule has 0 aliphatic carbocycles. The van der Waals surface area contributed by atoms with Crippen LogP contribution in [0.5, 0.6) is 0 Å². The van der Waals surface area contributed by atoms with Crippen LogP contribution in [0.15, 0.2) is 64.9 Å². The van der Waals surface area contributed by atoms with Gasteiger partial charge in [-0.1, -0.05) is 41.9 Å².